The quantitative estimate of drug-likeness (QED) is 0.753. The summed E-state index contributed by atoms with van der Waals surface area (Å²) in [7, 11) is 1.33. The van der Waals surface area contributed by atoms with Crippen LogP contribution >= 0.6 is 0 Å². The van der Waals surface area contributed by atoms with Gasteiger partial charge in [-0.25, -0.2) is 4.79 Å². The van der Waals surface area contributed by atoms with Gasteiger partial charge in [-0.1, -0.05) is 37.3 Å². The molecule has 1 aliphatic rings. The van der Waals surface area contributed by atoms with Crippen molar-refractivity contribution in [1.82, 2.24) is 15.1 Å². The maximum atomic E-state index is 12.8. The first-order valence-electron chi connectivity index (χ1n) is 8.43. The average Bonchev–Trinajstić information content (AvgIpc) is 2.63. The predicted octanol–water partition coefficient (Wildman–Crippen LogP) is 1.24. The van der Waals surface area contributed by atoms with E-state index in [2.05, 4.69) is 5.32 Å². The first kappa shape index (κ1) is 18.8. The average molecular weight is 347 g/mol. The third-order valence-electron chi connectivity index (χ3n) is 4.16. The molecule has 1 fully saturated rings. The molecular formula is C18H25N3O4. The number of nitrogens with one attached hydrogen (secondary N) is 1. The van der Waals surface area contributed by atoms with Gasteiger partial charge in [0, 0.05) is 26.2 Å². The van der Waals surface area contributed by atoms with Gasteiger partial charge in [0.25, 0.3) is 0 Å². The van der Waals surface area contributed by atoms with E-state index >= 15 is 0 Å². The number of carbonyl (C=O) groups excluding carboxylic acids is 3. The van der Waals surface area contributed by atoms with Crippen LogP contribution in [-0.4, -0.2) is 61.0 Å². The lowest BCUT2D eigenvalue weighted by molar-refractivity contribution is -0.146. The number of ether oxygens (including phenoxy) is 1. The molecule has 0 bridgehead atoms. The van der Waals surface area contributed by atoms with Crippen LogP contribution in [0, 0.1) is 5.92 Å². The second-order valence-electron chi connectivity index (χ2n) is 6.19. The number of nitrogens with zero attached hydrogens (tertiary/aromatic N) is 2. The van der Waals surface area contributed by atoms with Crippen LogP contribution in [0.3, 0.4) is 0 Å². The molecule has 1 heterocycles. The van der Waals surface area contributed by atoms with E-state index in [1.54, 1.807) is 11.8 Å². The summed E-state index contributed by atoms with van der Waals surface area (Å²) in [6.07, 6.45) is 0.816. The number of benzene rings is 1. The second kappa shape index (κ2) is 9.05. The van der Waals surface area contributed by atoms with Crippen LogP contribution in [0.4, 0.5) is 4.79 Å². The Bertz CT molecular complexity index is 606. The molecule has 7 nitrogen and oxygen atoms in total. The molecule has 0 aliphatic carbocycles. The highest BCUT2D eigenvalue weighted by Gasteiger charge is 2.26. The Kier molecular flexibility index (Phi) is 6.80. The molecule has 1 saturated heterocycles. The van der Waals surface area contributed by atoms with Crippen molar-refractivity contribution in [2.45, 2.75) is 19.9 Å². The molecule has 1 unspecified atom stereocenters. The van der Waals surface area contributed by atoms with Crippen LogP contribution in [0.2, 0.25) is 0 Å². The van der Waals surface area contributed by atoms with Gasteiger partial charge in [0.1, 0.15) is 6.54 Å². The van der Waals surface area contributed by atoms with Crippen molar-refractivity contribution in [3.05, 3.63) is 35.9 Å². The number of urea groups is 1. The number of amides is 3. The Morgan fingerprint density at radius 2 is 2.04 bits per heavy atom. The summed E-state index contributed by atoms with van der Waals surface area (Å²) >= 11 is 0. The van der Waals surface area contributed by atoms with Gasteiger partial charge in [-0.3, -0.25) is 9.59 Å². The molecule has 1 atom stereocenters. The maximum Gasteiger partial charge on any atom is 0.317 e. The summed E-state index contributed by atoms with van der Waals surface area (Å²) in [6.45, 7) is 3.56. The lowest BCUT2D eigenvalue weighted by Crippen LogP contribution is -2.51. The van der Waals surface area contributed by atoms with E-state index in [0.29, 0.717) is 19.6 Å². The zero-order valence-corrected chi connectivity index (χ0v) is 14.7. The topological polar surface area (TPSA) is 79.0 Å². The van der Waals surface area contributed by atoms with E-state index in [1.165, 1.54) is 12.0 Å². The molecular weight excluding hydrogens is 322 g/mol. The van der Waals surface area contributed by atoms with E-state index in [9.17, 15) is 14.4 Å². The van der Waals surface area contributed by atoms with Crippen LogP contribution in [0.25, 0.3) is 0 Å². The van der Waals surface area contributed by atoms with Crippen molar-refractivity contribution in [3.8, 4) is 0 Å². The van der Waals surface area contributed by atoms with Crippen molar-refractivity contribution in [1.29, 1.82) is 0 Å². The van der Waals surface area contributed by atoms with Gasteiger partial charge in [0.15, 0.2) is 0 Å². The fourth-order valence-corrected chi connectivity index (χ4v) is 2.76. The predicted molar refractivity (Wildman–Crippen MR) is 92.6 cm³/mol. The summed E-state index contributed by atoms with van der Waals surface area (Å²) in [5.41, 5.74) is 0.969. The minimum atomic E-state index is -0.437. The molecule has 1 aliphatic heterocycles. The van der Waals surface area contributed by atoms with Crippen molar-refractivity contribution in [2.24, 2.45) is 5.92 Å². The molecule has 0 radical (unpaired) electrons. The third-order valence-corrected chi connectivity index (χ3v) is 4.16. The van der Waals surface area contributed by atoms with E-state index in [-0.39, 0.29) is 31.0 Å². The van der Waals surface area contributed by atoms with Crippen molar-refractivity contribution in [2.75, 3.05) is 33.3 Å². The minimum absolute atomic E-state index is 0.00651. The molecule has 2 rings (SSSR count). The van der Waals surface area contributed by atoms with E-state index in [1.807, 2.05) is 30.3 Å². The van der Waals surface area contributed by atoms with E-state index in [4.69, 9.17) is 4.74 Å². The largest absolute Gasteiger partial charge is 0.469 e. The van der Waals surface area contributed by atoms with Gasteiger partial charge >= 0.3 is 12.0 Å². The molecule has 0 aromatic heterocycles. The third kappa shape index (κ3) is 5.48. The molecule has 0 spiro atoms. The zero-order chi connectivity index (χ0) is 18.2. The monoisotopic (exact) mass is 347 g/mol. The summed E-state index contributed by atoms with van der Waals surface area (Å²) in [5.74, 6) is -0.980. The summed E-state index contributed by atoms with van der Waals surface area (Å²) < 4.78 is 4.76. The Morgan fingerprint density at radius 1 is 1.32 bits per heavy atom. The normalized spacial score (nSPS) is 15.3. The van der Waals surface area contributed by atoms with Crippen LogP contribution in [0.5, 0.6) is 0 Å². The highest BCUT2D eigenvalue weighted by molar-refractivity contribution is 5.85. The second-order valence-corrected chi connectivity index (χ2v) is 6.19. The van der Waals surface area contributed by atoms with Gasteiger partial charge < -0.3 is 19.9 Å². The molecule has 0 saturated carbocycles. The van der Waals surface area contributed by atoms with Crippen LogP contribution < -0.4 is 5.32 Å². The number of hydrogen-bond acceptors (Lipinski definition) is 4. The zero-order valence-electron chi connectivity index (χ0n) is 14.7. The molecule has 25 heavy (non-hydrogen) atoms. The van der Waals surface area contributed by atoms with E-state index in [0.717, 1.165) is 12.0 Å². The number of carbonyl (C=O) groups is 3. The van der Waals surface area contributed by atoms with Crippen LogP contribution in [0.1, 0.15) is 18.9 Å². The molecule has 1 aromatic rings. The number of rotatable bonds is 7. The molecule has 1 N–H and O–H groups in total. The highest BCUT2D eigenvalue weighted by Crippen LogP contribution is 2.11. The van der Waals surface area contributed by atoms with E-state index < -0.39 is 5.92 Å². The van der Waals surface area contributed by atoms with Gasteiger partial charge in [-0.2, -0.15) is 0 Å². The lowest BCUT2D eigenvalue weighted by atomic mass is 10.1. The fraction of sp³-hybridized carbons (Fsp3) is 0.500. The minimum Gasteiger partial charge on any atom is -0.469 e. The van der Waals surface area contributed by atoms with Crippen LogP contribution in [0.15, 0.2) is 30.3 Å². The standard InChI is InChI=1S/C18H25N3O4/c1-14(17(23)25-2)11-21(12-15-7-4-3-5-8-15)16(22)13-20-10-6-9-19-18(20)24/h3-5,7-8,14H,6,9-13H2,1-2H3,(H,19,24). The van der Waals surface area contributed by atoms with Gasteiger partial charge in [0.05, 0.1) is 13.0 Å². The first-order valence-corrected chi connectivity index (χ1v) is 8.43. The van der Waals surface area contributed by atoms with Gasteiger partial charge in [0.2, 0.25) is 5.91 Å². The highest BCUT2D eigenvalue weighted by atomic mass is 16.5. The SMILES string of the molecule is COC(=O)C(C)CN(Cc1ccccc1)C(=O)CN1CCCNC1=O. The Labute approximate surface area is 147 Å². The molecule has 1 aromatic carbocycles. The Morgan fingerprint density at radius 3 is 2.68 bits per heavy atom. The summed E-state index contributed by atoms with van der Waals surface area (Å²) in [6, 6.07) is 9.35. The fourth-order valence-electron chi connectivity index (χ4n) is 2.76. The van der Waals surface area contributed by atoms with Gasteiger partial charge in [-0.05, 0) is 12.0 Å². The number of hydrogen-bond donors (Lipinski definition) is 1. The lowest BCUT2D eigenvalue weighted by Gasteiger charge is -2.31. The van der Waals surface area contributed by atoms with Crippen molar-refractivity contribution in [3.63, 3.8) is 0 Å². The molecule has 7 heteroatoms. The molecule has 3 amide bonds. The Hall–Kier alpha value is -2.57. The maximum absolute atomic E-state index is 12.8. The number of esters is 1. The molecule has 136 valence electrons. The van der Waals surface area contributed by atoms with Crippen LogP contribution in [-0.2, 0) is 20.9 Å². The Balaban J connectivity index is 2.07. The first-order chi connectivity index (χ1) is 12.0. The van der Waals surface area contributed by atoms with Crippen molar-refractivity contribution >= 4 is 17.9 Å². The number of methoxy groups -OCH3 is 1. The smallest absolute Gasteiger partial charge is 0.317 e. The summed E-state index contributed by atoms with van der Waals surface area (Å²) in [4.78, 5) is 39.5. The van der Waals surface area contributed by atoms with Crippen molar-refractivity contribution < 1.29 is 19.1 Å². The summed E-state index contributed by atoms with van der Waals surface area (Å²) in [5, 5.41) is 2.74. The van der Waals surface area contributed by atoms with Gasteiger partial charge in [-0.15, -0.1) is 0 Å².